The average Bonchev–Trinajstić information content (AvgIpc) is 2.29. The normalized spacial score (nSPS) is 10.4. The smallest absolute Gasteiger partial charge is 0.151 e. The third kappa shape index (κ3) is 2.77. The van der Waals surface area contributed by atoms with Crippen LogP contribution in [0, 0.1) is 5.82 Å². The average molecular weight is 307 g/mol. The third-order valence-corrected chi connectivity index (χ3v) is 3.04. The van der Waals surface area contributed by atoms with Crippen LogP contribution in [0.5, 0.6) is 0 Å². The fourth-order valence-electron chi connectivity index (χ4n) is 1.29. The summed E-state index contributed by atoms with van der Waals surface area (Å²) in [6.07, 6.45) is 0. The molecule has 0 saturated carbocycles. The van der Waals surface area contributed by atoms with Crippen molar-refractivity contribution >= 4 is 52.1 Å². The number of rotatable bonds is 2. The first-order chi connectivity index (χ1) is 8.47. The molecule has 18 heavy (non-hydrogen) atoms. The molecule has 2 rings (SSSR count). The van der Waals surface area contributed by atoms with Gasteiger partial charge in [-0.3, -0.25) is 0 Å². The van der Waals surface area contributed by atoms with Crippen molar-refractivity contribution in [2.75, 3.05) is 11.1 Å². The van der Waals surface area contributed by atoms with Gasteiger partial charge in [-0.2, -0.15) is 0 Å². The van der Waals surface area contributed by atoms with Crippen molar-refractivity contribution in [2.24, 2.45) is 0 Å². The van der Waals surface area contributed by atoms with E-state index in [2.05, 4.69) is 10.3 Å². The maximum absolute atomic E-state index is 12.9. The quantitative estimate of drug-likeness (QED) is 0.858. The summed E-state index contributed by atoms with van der Waals surface area (Å²) in [6, 6.07) is 5.38. The van der Waals surface area contributed by atoms with Crippen LogP contribution >= 0.6 is 34.8 Å². The Bertz CT molecular complexity index is 604. The van der Waals surface area contributed by atoms with E-state index in [9.17, 15) is 4.39 Å². The Morgan fingerprint density at radius 1 is 1.06 bits per heavy atom. The van der Waals surface area contributed by atoms with Crippen LogP contribution in [-0.4, -0.2) is 4.98 Å². The molecular formula is C11H7Cl3FN3. The van der Waals surface area contributed by atoms with E-state index in [0.29, 0.717) is 11.5 Å². The van der Waals surface area contributed by atoms with Crippen molar-refractivity contribution in [3.63, 3.8) is 0 Å². The molecule has 0 amide bonds. The molecule has 0 aliphatic carbocycles. The molecule has 0 aliphatic heterocycles. The highest BCUT2D eigenvalue weighted by Gasteiger charge is 2.09. The number of benzene rings is 1. The Morgan fingerprint density at radius 3 is 2.44 bits per heavy atom. The number of anilines is 3. The molecule has 1 heterocycles. The van der Waals surface area contributed by atoms with Crippen molar-refractivity contribution in [3.05, 3.63) is 45.2 Å². The summed E-state index contributed by atoms with van der Waals surface area (Å²) >= 11 is 17.6. The first-order valence-corrected chi connectivity index (χ1v) is 5.94. The lowest BCUT2D eigenvalue weighted by Crippen LogP contribution is -1.99. The first-order valence-electron chi connectivity index (χ1n) is 4.81. The van der Waals surface area contributed by atoms with E-state index in [1.165, 1.54) is 24.3 Å². The van der Waals surface area contributed by atoms with Gasteiger partial charge in [-0.1, -0.05) is 34.8 Å². The summed E-state index contributed by atoms with van der Waals surface area (Å²) in [7, 11) is 0. The minimum atomic E-state index is -0.430. The SMILES string of the molecule is Nc1nc(Nc2ccc(F)cc2Cl)c(Cl)cc1Cl. The minimum Gasteiger partial charge on any atom is -0.382 e. The number of hydrogen-bond donors (Lipinski definition) is 2. The maximum Gasteiger partial charge on any atom is 0.151 e. The van der Waals surface area contributed by atoms with Gasteiger partial charge in [-0.25, -0.2) is 9.37 Å². The number of aromatic nitrogens is 1. The van der Waals surface area contributed by atoms with Gasteiger partial charge in [0.15, 0.2) is 5.82 Å². The highest BCUT2D eigenvalue weighted by molar-refractivity contribution is 6.37. The molecule has 1 aromatic carbocycles. The zero-order valence-electron chi connectivity index (χ0n) is 8.85. The van der Waals surface area contributed by atoms with Crippen LogP contribution in [0.4, 0.5) is 21.7 Å². The van der Waals surface area contributed by atoms with Gasteiger partial charge in [0.2, 0.25) is 0 Å². The molecule has 3 N–H and O–H groups in total. The van der Waals surface area contributed by atoms with Gasteiger partial charge >= 0.3 is 0 Å². The summed E-state index contributed by atoms with van der Waals surface area (Å²) in [6.45, 7) is 0. The van der Waals surface area contributed by atoms with E-state index in [-0.39, 0.29) is 20.9 Å². The topological polar surface area (TPSA) is 50.9 Å². The summed E-state index contributed by atoms with van der Waals surface area (Å²) in [5.41, 5.74) is 6.04. The predicted molar refractivity (Wildman–Crippen MR) is 73.4 cm³/mol. The van der Waals surface area contributed by atoms with Gasteiger partial charge in [-0.05, 0) is 24.3 Å². The van der Waals surface area contributed by atoms with Crippen molar-refractivity contribution in [1.29, 1.82) is 0 Å². The lowest BCUT2D eigenvalue weighted by molar-refractivity contribution is 0.628. The second-order valence-electron chi connectivity index (χ2n) is 3.44. The van der Waals surface area contributed by atoms with Crippen LogP contribution in [-0.2, 0) is 0 Å². The van der Waals surface area contributed by atoms with Crippen molar-refractivity contribution < 1.29 is 4.39 Å². The largest absolute Gasteiger partial charge is 0.382 e. The van der Waals surface area contributed by atoms with Crippen LogP contribution in [0.3, 0.4) is 0 Å². The Balaban J connectivity index is 2.37. The number of halogens is 4. The Kier molecular flexibility index (Phi) is 3.80. The standard InChI is InChI=1S/C11H7Cl3FN3/c12-6-3-5(15)1-2-9(6)17-11-8(14)4-7(13)10(16)18-11/h1-4H,(H3,16,17,18). The van der Waals surface area contributed by atoms with Crippen LogP contribution in [0.25, 0.3) is 0 Å². The number of nitrogens with zero attached hydrogens (tertiary/aromatic N) is 1. The van der Waals surface area contributed by atoms with Crippen molar-refractivity contribution in [3.8, 4) is 0 Å². The second-order valence-corrected chi connectivity index (χ2v) is 4.66. The molecule has 7 heteroatoms. The van der Waals surface area contributed by atoms with E-state index in [0.717, 1.165) is 0 Å². The van der Waals surface area contributed by atoms with Crippen molar-refractivity contribution in [2.45, 2.75) is 0 Å². The monoisotopic (exact) mass is 305 g/mol. The molecule has 1 aromatic heterocycles. The van der Waals surface area contributed by atoms with Gasteiger partial charge in [0.05, 0.1) is 20.8 Å². The number of hydrogen-bond acceptors (Lipinski definition) is 3. The van der Waals surface area contributed by atoms with E-state index < -0.39 is 5.82 Å². The van der Waals surface area contributed by atoms with Crippen LogP contribution in [0.2, 0.25) is 15.1 Å². The van der Waals surface area contributed by atoms with Gasteiger partial charge in [0.1, 0.15) is 11.6 Å². The summed E-state index contributed by atoms with van der Waals surface area (Å²) in [5.74, 6) is 0.00843. The Hall–Kier alpha value is -1.23. The fourth-order valence-corrected chi connectivity index (χ4v) is 1.91. The molecule has 0 bridgehead atoms. The first kappa shape index (κ1) is 13.2. The second kappa shape index (κ2) is 5.18. The van der Waals surface area contributed by atoms with E-state index >= 15 is 0 Å². The van der Waals surface area contributed by atoms with Crippen LogP contribution < -0.4 is 11.1 Å². The molecule has 2 aromatic rings. The molecule has 0 radical (unpaired) electrons. The summed E-state index contributed by atoms with van der Waals surface area (Å²) in [4.78, 5) is 3.98. The van der Waals surface area contributed by atoms with E-state index in [4.69, 9.17) is 40.5 Å². The Labute approximate surface area is 118 Å². The predicted octanol–water partition coefficient (Wildman–Crippen LogP) is 4.51. The van der Waals surface area contributed by atoms with Crippen molar-refractivity contribution in [1.82, 2.24) is 4.98 Å². The molecule has 3 nitrogen and oxygen atoms in total. The number of nitrogens with one attached hydrogen (secondary N) is 1. The number of nitrogens with two attached hydrogens (primary N) is 1. The zero-order valence-corrected chi connectivity index (χ0v) is 11.1. The molecule has 0 atom stereocenters. The van der Waals surface area contributed by atoms with Gasteiger partial charge in [0.25, 0.3) is 0 Å². The maximum atomic E-state index is 12.9. The summed E-state index contributed by atoms with van der Waals surface area (Å²) in [5, 5.41) is 3.61. The number of pyridine rings is 1. The van der Waals surface area contributed by atoms with E-state index in [1.807, 2.05) is 0 Å². The highest BCUT2D eigenvalue weighted by Crippen LogP contribution is 2.32. The number of nitrogen functional groups attached to an aromatic ring is 1. The van der Waals surface area contributed by atoms with E-state index in [1.54, 1.807) is 0 Å². The molecule has 0 saturated heterocycles. The molecule has 0 unspecified atom stereocenters. The summed E-state index contributed by atoms with van der Waals surface area (Å²) < 4.78 is 12.9. The molecule has 0 aliphatic rings. The van der Waals surface area contributed by atoms with Gasteiger partial charge < -0.3 is 11.1 Å². The molecule has 0 spiro atoms. The molecule has 0 fully saturated rings. The van der Waals surface area contributed by atoms with Gasteiger partial charge in [0, 0.05) is 0 Å². The molecule has 94 valence electrons. The third-order valence-electron chi connectivity index (χ3n) is 2.14. The van der Waals surface area contributed by atoms with Crippen LogP contribution in [0.15, 0.2) is 24.3 Å². The van der Waals surface area contributed by atoms with Crippen LogP contribution in [0.1, 0.15) is 0 Å². The minimum absolute atomic E-state index is 0.141. The lowest BCUT2D eigenvalue weighted by atomic mass is 10.3. The zero-order chi connectivity index (χ0) is 13.3. The molecular weight excluding hydrogens is 299 g/mol. The Morgan fingerprint density at radius 2 is 1.78 bits per heavy atom. The highest BCUT2D eigenvalue weighted by atomic mass is 35.5. The lowest BCUT2D eigenvalue weighted by Gasteiger charge is -2.10. The van der Waals surface area contributed by atoms with Gasteiger partial charge in [-0.15, -0.1) is 0 Å². The fraction of sp³-hybridized carbons (Fsp3) is 0.